The van der Waals surface area contributed by atoms with Crippen LogP contribution in [0.2, 0.25) is 0 Å². The van der Waals surface area contributed by atoms with Crippen molar-refractivity contribution >= 4 is 29.6 Å². The Morgan fingerprint density at radius 2 is 1.84 bits per heavy atom. The number of anilines is 1. The summed E-state index contributed by atoms with van der Waals surface area (Å²) in [7, 11) is 1.61. The molecule has 0 fully saturated rings. The van der Waals surface area contributed by atoms with E-state index in [9.17, 15) is 9.59 Å². The molecule has 0 spiro atoms. The van der Waals surface area contributed by atoms with Crippen LogP contribution in [0.5, 0.6) is 5.75 Å². The molecule has 1 heterocycles. The minimum atomic E-state index is -0.757. The number of allylic oxidation sites excluding steroid dienone is 2. The lowest BCUT2D eigenvalue weighted by atomic mass is 9.92. The van der Waals surface area contributed by atoms with E-state index in [2.05, 4.69) is 22.2 Å². The van der Waals surface area contributed by atoms with E-state index in [0.29, 0.717) is 41.1 Å². The molecule has 0 bridgehead atoms. The van der Waals surface area contributed by atoms with Gasteiger partial charge in [0.15, 0.2) is 0 Å². The number of aryl methyl sites for hydroxylation is 1. The summed E-state index contributed by atoms with van der Waals surface area (Å²) in [4.78, 5) is 30.5. The number of carbonyl (C=O) groups excluding carboxylic acids is 2. The molecule has 0 saturated heterocycles. The summed E-state index contributed by atoms with van der Waals surface area (Å²) in [5.41, 5.74) is 10.5. The lowest BCUT2D eigenvalue weighted by Crippen LogP contribution is -2.46. The predicted octanol–water partition coefficient (Wildman–Crippen LogP) is 5.15. The van der Waals surface area contributed by atoms with Crippen molar-refractivity contribution in [3.8, 4) is 5.75 Å². The van der Waals surface area contributed by atoms with Crippen LogP contribution in [-0.4, -0.2) is 25.3 Å². The van der Waals surface area contributed by atoms with Crippen molar-refractivity contribution in [2.45, 2.75) is 25.5 Å². The zero-order chi connectivity index (χ0) is 26.9. The molecule has 1 aliphatic heterocycles. The minimum Gasteiger partial charge on any atom is -0.497 e. The largest absolute Gasteiger partial charge is 0.497 e. The number of urea groups is 1. The number of nitrogens with one attached hydrogen (secondary N) is 2. The summed E-state index contributed by atoms with van der Waals surface area (Å²) in [5, 5.41) is 5.69. The second kappa shape index (κ2) is 12.4. The number of rotatable bonds is 10. The van der Waals surface area contributed by atoms with Crippen LogP contribution in [0, 0.1) is 0 Å². The summed E-state index contributed by atoms with van der Waals surface area (Å²) < 4.78 is 11.0. The number of esters is 1. The first kappa shape index (κ1) is 26.2. The topological polar surface area (TPSA) is 115 Å². The Kier molecular flexibility index (Phi) is 8.56. The van der Waals surface area contributed by atoms with Gasteiger partial charge in [-0.15, -0.1) is 0 Å². The number of methoxy groups -OCH3 is 1. The average molecular weight is 511 g/mol. The van der Waals surface area contributed by atoms with Crippen molar-refractivity contribution in [3.63, 3.8) is 0 Å². The Bertz CT molecular complexity index is 1380. The molecule has 0 aromatic heterocycles. The summed E-state index contributed by atoms with van der Waals surface area (Å²) in [6.45, 7) is 3.72. The number of carbonyl (C=O) groups is 2. The van der Waals surface area contributed by atoms with E-state index in [0.717, 1.165) is 16.9 Å². The summed E-state index contributed by atoms with van der Waals surface area (Å²) in [5.74, 6) is 0.209. The van der Waals surface area contributed by atoms with Crippen molar-refractivity contribution in [1.29, 1.82) is 0 Å². The molecule has 1 unspecified atom stereocenters. The molecule has 8 heteroatoms. The Hall–Kier alpha value is -4.85. The first-order valence-electron chi connectivity index (χ1n) is 12.2. The highest BCUT2D eigenvalue weighted by atomic mass is 16.5. The lowest BCUT2D eigenvalue weighted by molar-refractivity contribution is -0.140. The van der Waals surface area contributed by atoms with E-state index in [-0.39, 0.29) is 6.61 Å². The third-order valence-electron chi connectivity index (χ3n) is 6.09. The first-order chi connectivity index (χ1) is 18.5. The third kappa shape index (κ3) is 6.47. The number of nitrogens with zero attached hydrogens (tertiary/aromatic N) is 1. The van der Waals surface area contributed by atoms with Gasteiger partial charge in [0.1, 0.15) is 12.4 Å². The molecular formula is C30H30N4O4. The zero-order valence-corrected chi connectivity index (χ0v) is 21.1. The maximum atomic E-state index is 13.5. The molecule has 8 nitrogen and oxygen atoms in total. The Morgan fingerprint density at radius 3 is 2.58 bits per heavy atom. The van der Waals surface area contributed by atoms with Crippen molar-refractivity contribution < 1.29 is 19.1 Å². The monoisotopic (exact) mass is 510 g/mol. The molecule has 0 aliphatic carbocycles. The quantitative estimate of drug-likeness (QED) is 0.198. The van der Waals surface area contributed by atoms with Gasteiger partial charge in [0.05, 0.1) is 30.1 Å². The van der Waals surface area contributed by atoms with Crippen molar-refractivity contribution in [1.82, 2.24) is 10.6 Å². The van der Waals surface area contributed by atoms with Gasteiger partial charge in [0.25, 0.3) is 0 Å². The fraction of sp³-hybridized carbons (Fsp3) is 0.167. The van der Waals surface area contributed by atoms with Crippen molar-refractivity contribution in [2.75, 3.05) is 12.8 Å². The number of aliphatic imine (C=N–C) groups is 1. The number of benzene rings is 3. The van der Waals surface area contributed by atoms with Gasteiger partial charge in [-0.1, -0.05) is 61.2 Å². The van der Waals surface area contributed by atoms with E-state index < -0.39 is 18.0 Å². The molecule has 3 aromatic rings. The fourth-order valence-corrected chi connectivity index (χ4v) is 4.21. The van der Waals surface area contributed by atoms with Crippen LogP contribution in [0.4, 0.5) is 16.2 Å². The van der Waals surface area contributed by atoms with Crippen molar-refractivity contribution in [3.05, 3.63) is 113 Å². The number of amides is 2. The Labute approximate surface area is 221 Å². The van der Waals surface area contributed by atoms with Gasteiger partial charge in [0.2, 0.25) is 0 Å². The molecule has 194 valence electrons. The van der Waals surface area contributed by atoms with E-state index in [4.69, 9.17) is 15.2 Å². The molecule has 4 N–H and O–H groups in total. The Morgan fingerprint density at radius 1 is 1.05 bits per heavy atom. The third-order valence-corrected chi connectivity index (χ3v) is 6.09. The highest BCUT2D eigenvalue weighted by molar-refractivity contribution is 5.95. The second-order valence-corrected chi connectivity index (χ2v) is 8.67. The smallest absolute Gasteiger partial charge is 0.338 e. The molecule has 0 saturated carbocycles. The van der Waals surface area contributed by atoms with Crippen LogP contribution < -0.4 is 21.1 Å². The normalized spacial score (nSPS) is 15.1. The lowest BCUT2D eigenvalue weighted by Gasteiger charge is -2.30. The highest BCUT2D eigenvalue weighted by Gasteiger charge is 2.34. The maximum absolute atomic E-state index is 13.5. The number of hydrogen-bond donors (Lipinski definition) is 3. The number of ether oxygens (including phenoxy) is 2. The average Bonchev–Trinajstić information content (AvgIpc) is 2.94. The maximum Gasteiger partial charge on any atom is 0.338 e. The summed E-state index contributed by atoms with van der Waals surface area (Å²) >= 11 is 0. The van der Waals surface area contributed by atoms with Gasteiger partial charge >= 0.3 is 12.0 Å². The highest BCUT2D eigenvalue weighted by Crippen LogP contribution is 2.33. The molecule has 3 aromatic carbocycles. The zero-order valence-electron chi connectivity index (χ0n) is 21.1. The van der Waals surface area contributed by atoms with Gasteiger partial charge in [-0.05, 0) is 53.8 Å². The van der Waals surface area contributed by atoms with Crippen LogP contribution in [0.25, 0.3) is 0 Å². The first-order valence-corrected chi connectivity index (χ1v) is 12.2. The number of hydrogen-bond acceptors (Lipinski definition) is 6. The van der Waals surface area contributed by atoms with Gasteiger partial charge in [0, 0.05) is 11.9 Å². The van der Waals surface area contributed by atoms with Gasteiger partial charge in [-0.2, -0.15) is 0 Å². The van der Waals surface area contributed by atoms with Crippen LogP contribution >= 0.6 is 0 Å². The molecule has 38 heavy (non-hydrogen) atoms. The van der Waals surface area contributed by atoms with E-state index >= 15 is 0 Å². The Balaban J connectivity index is 1.68. The van der Waals surface area contributed by atoms with Crippen LogP contribution in [0.1, 0.15) is 29.2 Å². The van der Waals surface area contributed by atoms with Gasteiger partial charge < -0.3 is 25.8 Å². The van der Waals surface area contributed by atoms with E-state index in [1.807, 2.05) is 54.6 Å². The number of nitrogen functional groups attached to an aromatic ring is 1. The predicted molar refractivity (Wildman–Crippen MR) is 148 cm³/mol. The van der Waals surface area contributed by atoms with E-state index in [1.165, 1.54) is 0 Å². The SMILES string of the molecule is C=CC=Nc1ccc(C2NC(=O)NC(CCc3cccc(OC)c3)=C2C(=O)OCc2ccccc2)cc1N. The van der Waals surface area contributed by atoms with Gasteiger partial charge in [-0.25, -0.2) is 9.59 Å². The fourth-order valence-electron chi connectivity index (χ4n) is 4.21. The molecule has 1 atom stereocenters. The second-order valence-electron chi connectivity index (χ2n) is 8.67. The molecule has 2 amide bonds. The number of nitrogens with two attached hydrogens (primary N) is 1. The minimum absolute atomic E-state index is 0.102. The molecule has 4 rings (SSSR count). The van der Waals surface area contributed by atoms with Gasteiger partial charge in [-0.3, -0.25) is 4.99 Å². The molecule has 1 aliphatic rings. The standard InChI is InChI=1S/C30H30N4O4/c1-3-16-32-25-15-13-22(18-24(25)31)28-27(29(35)38-19-21-8-5-4-6-9-21)26(33-30(36)34-28)14-12-20-10-7-11-23(17-20)37-2/h3-11,13,15-18,28H,1,12,14,19,31H2,2H3,(H2,33,34,36). The summed E-state index contributed by atoms with van der Waals surface area (Å²) in [6.07, 6.45) is 4.08. The summed E-state index contributed by atoms with van der Waals surface area (Å²) in [6, 6.07) is 21.1. The van der Waals surface area contributed by atoms with Crippen LogP contribution in [0.15, 0.2) is 102 Å². The molecule has 0 radical (unpaired) electrons. The van der Waals surface area contributed by atoms with Crippen LogP contribution in [-0.2, 0) is 22.6 Å². The van der Waals surface area contributed by atoms with E-state index in [1.54, 1.807) is 37.6 Å². The van der Waals surface area contributed by atoms with Crippen LogP contribution in [0.3, 0.4) is 0 Å². The molecular weight excluding hydrogens is 480 g/mol. The van der Waals surface area contributed by atoms with Crippen molar-refractivity contribution in [2.24, 2.45) is 4.99 Å².